The number of Topliss-reactive ketones (excluding diaryl/α,β-unsaturated/α-hetero) is 1. The summed E-state index contributed by atoms with van der Waals surface area (Å²) in [5, 5.41) is 8.34. The van der Waals surface area contributed by atoms with Gasteiger partial charge in [-0.25, -0.2) is 4.79 Å². The predicted molar refractivity (Wildman–Crippen MR) is 171 cm³/mol. The van der Waals surface area contributed by atoms with E-state index < -0.39 is 47.4 Å². The maximum Gasteiger partial charge on any atom is 0.408 e. The molecule has 1 saturated carbocycles. The number of likely N-dealkylation sites (tertiary alicyclic amines) is 1. The topological polar surface area (TPSA) is 134 Å². The van der Waals surface area contributed by atoms with Gasteiger partial charge in [0.15, 0.2) is 0 Å². The summed E-state index contributed by atoms with van der Waals surface area (Å²) in [4.78, 5) is 68.9. The Hall–Kier alpha value is -3.69. The van der Waals surface area contributed by atoms with Crippen molar-refractivity contribution in [3.05, 3.63) is 48.0 Å². The molecule has 1 heterocycles. The molecule has 0 spiro atoms. The molecule has 2 aliphatic carbocycles. The highest BCUT2D eigenvalue weighted by Gasteiger charge is 2.69. The fourth-order valence-electron chi connectivity index (χ4n) is 7.07. The molecule has 4 rings (SSSR count). The van der Waals surface area contributed by atoms with E-state index in [9.17, 15) is 24.0 Å². The lowest BCUT2D eigenvalue weighted by Gasteiger charge is -2.35. The number of unbranched alkanes of at least 4 members (excludes halogenated alkanes) is 1. The molecule has 0 bridgehead atoms. The number of hydrogen-bond acceptors (Lipinski definition) is 6. The van der Waals surface area contributed by atoms with Crippen molar-refractivity contribution < 1.29 is 28.7 Å². The third kappa shape index (κ3) is 7.76. The molecule has 4 amide bonds. The number of carbonyl (C=O) groups is 5. The van der Waals surface area contributed by atoms with Crippen LogP contribution in [0, 0.1) is 23.2 Å². The largest absolute Gasteiger partial charge is 0.444 e. The van der Waals surface area contributed by atoms with Crippen molar-refractivity contribution in [1.82, 2.24) is 20.9 Å². The first-order valence-electron chi connectivity index (χ1n) is 16.3. The van der Waals surface area contributed by atoms with E-state index in [-0.39, 0.29) is 35.5 Å². The molecule has 5 atom stereocenters. The standard InChI is InChI=1S/C35H50N4O6/c1-8-10-16-25(29(40)31(42)36-17-11-9-2)37-30(41)28-26-24(35(26,6)7)20-39(28)32(43)27(38-33(44)45-34(3,4)5)23-18-21-14-12-13-15-22(21)19-23/h8,12-15,23-28H,1,9-11,16-20H2,2-7H3,(H,36,42)(H,37,41)(H,38,44). The van der Waals surface area contributed by atoms with Gasteiger partial charge in [-0.15, -0.1) is 6.58 Å². The van der Waals surface area contributed by atoms with Crippen molar-refractivity contribution in [1.29, 1.82) is 0 Å². The van der Waals surface area contributed by atoms with E-state index in [1.165, 1.54) is 0 Å². The minimum atomic E-state index is -1.05. The zero-order valence-electron chi connectivity index (χ0n) is 27.6. The first-order valence-corrected chi connectivity index (χ1v) is 16.3. The maximum absolute atomic E-state index is 14.5. The second kappa shape index (κ2) is 13.7. The second-order valence-electron chi connectivity index (χ2n) is 14.4. The lowest BCUT2D eigenvalue weighted by atomic mass is 9.93. The first kappa shape index (κ1) is 34.2. The molecule has 2 fully saturated rings. The maximum atomic E-state index is 14.5. The molecule has 246 valence electrons. The van der Waals surface area contributed by atoms with Gasteiger partial charge in [-0.1, -0.05) is 57.5 Å². The summed E-state index contributed by atoms with van der Waals surface area (Å²) in [6.45, 7) is 15.9. The Balaban J connectivity index is 1.58. The highest BCUT2D eigenvalue weighted by atomic mass is 16.6. The normalized spacial score (nSPS) is 22.8. The second-order valence-corrected chi connectivity index (χ2v) is 14.4. The van der Waals surface area contributed by atoms with Crippen LogP contribution in [0.3, 0.4) is 0 Å². The van der Waals surface area contributed by atoms with Crippen LogP contribution in [0.2, 0.25) is 0 Å². The van der Waals surface area contributed by atoms with Crippen LogP contribution in [-0.4, -0.2) is 71.3 Å². The van der Waals surface area contributed by atoms with Gasteiger partial charge in [0.1, 0.15) is 17.7 Å². The molecular weight excluding hydrogens is 572 g/mol. The zero-order chi connectivity index (χ0) is 33.1. The van der Waals surface area contributed by atoms with Crippen LogP contribution in [0.25, 0.3) is 0 Å². The number of ketones is 1. The zero-order valence-corrected chi connectivity index (χ0v) is 27.6. The molecule has 0 radical (unpaired) electrons. The minimum Gasteiger partial charge on any atom is -0.444 e. The van der Waals surface area contributed by atoms with E-state index in [0.29, 0.717) is 32.4 Å². The van der Waals surface area contributed by atoms with Crippen LogP contribution in [-0.2, 0) is 36.8 Å². The SMILES string of the molecule is C=CCCC(NC(=O)C1C2C(CN1C(=O)C(NC(=O)OC(C)(C)C)C1Cc3ccccc3C1)C2(C)C)C(=O)C(=O)NCCCC. The Bertz CT molecular complexity index is 1290. The van der Waals surface area contributed by atoms with Gasteiger partial charge in [0.2, 0.25) is 17.6 Å². The third-order valence-corrected chi connectivity index (χ3v) is 9.58. The number of rotatable bonds is 13. The van der Waals surface area contributed by atoms with E-state index in [1.807, 2.05) is 31.2 Å². The molecule has 1 aromatic carbocycles. The molecule has 1 saturated heterocycles. The van der Waals surface area contributed by atoms with Crippen molar-refractivity contribution in [2.75, 3.05) is 13.1 Å². The molecule has 3 aliphatic rings. The predicted octanol–water partition coefficient (Wildman–Crippen LogP) is 3.71. The lowest BCUT2D eigenvalue weighted by Crippen LogP contribution is -2.59. The number of amides is 4. The van der Waals surface area contributed by atoms with Crippen molar-refractivity contribution in [2.24, 2.45) is 23.2 Å². The van der Waals surface area contributed by atoms with Gasteiger partial charge in [-0.05, 0) is 87.2 Å². The van der Waals surface area contributed by atoms with Gasteiger partial charge in [-0.2, -0.15) is 0 Å². The summed E-state index contributed by atoms with van der Waals surface area (Å²) in [6.07, 6.45) is 4.42. The van der Waals surface area contributed by atoms with Crippen molar-refractivity contribution >= 4 is 29.6 Å². The number of fused-ring (bicyclic) bond motifs is 2. The monoisotopic (exact) mass is 622 g/mol. The van der Waals surface area contributed by atoms with E-state index >= 15 is 0 Å². The average molecular weight is 623 g/mol. The highest BCUT2D eigenvalue weighted by Crippen LogP contribution is 2.65. The number of hydrogen-bond donors (Lipinski definition) is 3. The third-order valence-electron chi connectivity index (χ3n) is 9.58. The summed E-state index contributed by atoms with van der Waals surface area (Å²) >= 11 is 0. The van der Waals surface area contributed by atoms with Gasteiger partial charge >= 0.3 is 6.09 Å². The van der Waals surface area contributed by atoms with Crippen LogP contribution in [0.1, 0.15) is 78.4 Å². The fraction of sp³-hybridized carbons (Fsp3) is 0.629. The summed E-state index contributed by atoms with van der Waals surface area (Å²) in [6, 6.07) is 5.19. The first-order chi connectivity index (χ1) is 21.2. The molecule has 1 aromatic rings. The summed E-state index contributed by atoms with van der Waals surface area (Å²) in [5.74, 6) is -2.48. The van der Waals surface area contributed by atoms with Crippen molar-refractivity contribution in [3.8, 4) is 0 Å². The number of alkyl carbamates (subject to hydrolysis) is 1. The van der Waals surface area contributed by atoms with Crippen molar-refractivity contribution in [3.63, 3.8) is 0 Å². The molecule has 5 unspecified atom stereocenters. The number of piperidine rings is 1. The van der Waals surface area contributed by atoms with Crippen molar-refractivity contribution in [2.45, 2.75) is 104 Å². The smallest absolute Gasteiger partial charge is 0.408 e. The summed E-state index contributed by atoms with van der Waals surface area (Å²) in [7, 11) is 0. The number of nitrogens with one attached hydrogen (secondary N) is 3. The number of allylic oxidation sites excluding steroid dienone is 1. The van der Waals surface area contributed by atoms with Gasteiger partial charge in [-0.3, -0.25) is 19.2 Å². The van der Waals surface area contributed by atoms with Crippen LogP contribution in [0.15, 0.2) is 36.9 Å². The Kier molecular flexibility index (Phi) is 10.4. The van der Waals surface area contributed by atoms with E-state index in [4.69, 9.17) is 4.74 Å². The van der Waals surface area contributed by atoms with Gasteiger partial charge in [0, 0.05) is 13.1 Å². The van der Waals surface area contributed by atoms with E-state index in [0.717, 1.165) is 24.0 Å². The molecule has 1 aliphatic heterocycles. The Labute approximate surface area is 267 Å². The number of benzene rings is 1. The highest BCUT2D eigenvalue weighted by molar-refractivity contribution is 6.38. The quantitative estimate of drug-likeness (QED) is 0.175. The number of carbonyl (C=O) groups excluding carboxylic acids is 5. The van der Waals surface area contributed by atoms with Gasteiger partial charge in [0.25, 0.3) is 5.91 Å². The van der Waals surface area contributed by atoms with Gasteiger partial charge < -0.3 is 25.6 Å². The Morgan fingerprint density at radius 3 is 2.31 bits per heavy atom. The van der Waals surface area contributed by atoms with Crippen LogP contribution < -0.4 is 16.0 Å². The van der Waals surface area contributed by atoms with E-state index in [2.05, 4.69) is 36.4 Å². The summed E-state index contributed by atoms with van der Waals surface area (Å²) < 4.78 is 5.55. The molecule has 10 nitrogen and oxygen atoms in total. The van der Waals surface area contributed by atoms with Crippen LogP contribution in [0.4, 0.5) is 4.79 Å². The van der Waals surface area contributed by atoms with Crippen LogP contribution >= 0.6 is 0 Å². The fourth-order valence-corrected chi connectivity index (χ4v) is 7.07. The number of nitrogens with zero attached hydrogens (tertiary/aromatic N) is 1. The summed E-state index contributed by atoms with van der Waals surface area (Å²) in [5.41, 5.74) is 1.33. The Morgan fingerprint density at radius 1 is 1.09 bits per heavy atom. The van der Waals surface area contributed by atoms with Gasteiger partial charge in [0.05, 0.1) is 6.04 Å². The average Bonchev–Trinajstić information content (AvgIpc) is 3.34. The molecule has 0 aromatic heterocycles. The van der Waals surface area contributed by atoms with Crippen LogP contribution in [0.5, 0.6) is 0 Å². The number of ether oxygens (including phenoxy) is 1. The lowest BCUT2D eigenvalue weighted by molar-refractivity contribution is -0.144. The minimum absolute atomic E-state index is 0.0971. The molecule has 3 N–H and O–H groups in total. The molecule has 10 heteroatoms. The van der Waals surface area contributed by atoms with E-state index in [1.54, 1.807) is 31.7 Å². The molecule has 45 heavy (non-hydrogen) atoms. The Morgan fingerprint density at radius 2 is 1.73 bits per heavy atom. The molecular formula is C35H50N4O6.